The van der Waals surface area contributed by atoms with E-state index in [2.05, 4.69) is 0 Å². The van der Waals surface area contributed by atoms with Gasteiger partial charge in [-0.15, -0.1) is 0 Å². The molecule has 1 heterocycles. The van der Waals surface area contributed by atoms with Crippen molar-refractivity contribution in [1.29, 1.82) is 0 Å². The van der Waals surface area contributed by atoms with Gasteiger partial charge < -0.3 is 24.4 Å². The molecule has 0 spiro atoms. The van der Waals surface area contributed by atoms with Crippen LogP contribution in [0.15, 0.2) is 48.0 Å². The minimum absolute atomic E-state index is 0.113. The zero-order valence-corrected chi connectivity index (χ0v) is 17.9. The number of carbonyl (C=O) groups excluding carboxylic acids is 2. The van der Waals surface area contributed by atoms with Gasteiger partial charge in [0.15, 0.2) is 0 Å². The van der Waals surface area contributed by atoms with Gasteiger partial charge in [0.2, 0.25) is 0 Å². The van der Waals surface area contributed by atoms with E-state index >= 15 is 0 Å². The van der Waals surface area contributed by atoms with Crippen molar-refractivity contribution >= 4 is 17.4 Å². The molecule has 0 unspecified atom stereocenters. The van der Waals surface area contributed by atoms with Gasteiger partial charge in [-0.2, -0.15) is 0 Å². The Bertz CT molecular complexity index is 1030. The third-order valence-corrected chi connectivity index (χ3v) is 5.16. The third-order valence-electron chi connectivity index (χ3n) is 5.16. The van der Waals surface area contributed by atoms with E-state index in [1.165, 1.54) is 37.3 Å². The Morgan fingerprint density at radius 1 is 1.13 bits per heavy atom. The van der Waals surface area contributed by atoms with Gasteiger partial charge in [0.25, 0.3) is 11.7 Å². The zero-order chi connectivity index (χ0) is 22.7. The lowest BCUT2D eigenvalue weighted by molar-refractivity contribution is -0.140. The molecule has 0 radical (unpaired) electrons. The Morgan fingerprint density at radius 3 is 2.48 bits per heavy atom. The Hall–Kier alpha value is -3.39. The Morgan fingerprint density at radius 2 is 1.87 bits per heavy atom. The second-order valence-corrected chi connectivity index (χ2v) is 7.42. The number of benzene rings is 2. The van der Waals surface area contributed by atoms with E-state index < -0.39 is 23.5 Å². The van der Waals surface area contributed by atoms with E-state index in [1.807, 2.05) is 19.0 Å². The fraction of sp³-hybridized carbons (Fsp3) is 0.304. The fourth-order valence-corrected chi connectivity index (χ4v) is 3.58. The lowest BCUT2D eigenvalue weighted by atomic mass is 9.95. The molecule has 0 saturated carbocycles. The summed E-state index contributed by atoms with van der Waals surface area (Å²) >= 11 is 0. The number of aliphatic hydroxyl groups is 1. The molecule has 1 N–H and O–H groups in total. The highest BCUT2D eigenvalue weighted by molar-refractivity contribution is 6.46. The summed E-state index contributed by atoms with van der Waals surface area (Å²) in [6.45, 7) is 0.722. The van der Waals surface area contributed by atoms with E-state index in [0.717, 1.165) is 0 Å². The SMILES string of the molecule is COc1ccc(/C(O)=C2\C(=O)C(=O)N(CCN(C)C)[C@H]2c2cccc(F)c2)c(OC)c1. The number of ketones is 1. The summed E-state index contributed by atoms with van der Waals surface area (Å²) in [6, 6.07) is 9.46. The van der Waals surface area contributed by atoms with Crippen LogP contribution in [-0.4, -0.2) is 68.0 Å². The summed E-state index contributed by atoms with van der Waals surface area (Å²) < 4.78 is 24.5. The van der Waals surface area contributed by atoms with Crippen molar-refractivity contribution in [2.45, 2.75) is 6.04 Å². The van der Waals surface area contributed by atoms with Crippen molar-refractivity contribution in [3.63, 3.8) is 0 Å². The number of rotatable bonds is 7. The highest BCUT2D eigenvalue weighted by Gasteiger charge is 2.46. The zero-order valence-electron chi connectivity index (χ0n) is 17.9. The van der Waals surface area contributed by atoms with Crippen LogP contribution < -0.4 is 9.47 Å². The number of hydrogen-bond acceptors (Lipinski definition) is 6. The van der Waals surface area contributed by atoms with E-state index in [9.17, 15) is 19.1 Å². The van der Waals surface area contributed by atoms with E-state index in [0.29, 0.717) is 17.9 Å². The van der Waals surface area contributed by atoms with E-state index in [-0.39, 0.29) is 29.2 Å². The van der Waals surface area contributed by atoms with Gasteiger partial charge in [-0.25, -0.2) is 4.39 Å². The van der Waals surface area contributed by atoms with Crippen LogP contribution in [0.1, 0.15) is 17.2 Å². The maximum atomic E-state index is 14.0. The largest absolute Gasteiger partial charge is 0.507 e. The summed E-state index contributed by atoms with van der Waals surface area (Å²) in [6.07, 6.45) is 0. The third kappa shape index (κ3) is 4.39. The molecule has 1 aliphatic heterocycles. The number of nitrogens with zero attached hydrogens (tertiary/aromatic N) is 2. The molecule has 0 aliphatic carbocycles. The monoisotopic (exact) mass is 428 g/mol. The summed E-state index contributed by atoms with van der Waals surface area (Å²) in [7, 11) is 6.60. The second kappa shape index (κ2) is 9.18. The highest BCUT2D eigenvalue weighted by atomic mass is 19.1. The van der Waals surface area contributed by atoms with Crippen molar-refractivity contribution in [3.8, 4) is 11.5 Å². The predicted octanol–water partition coefficient (Wildman–Crippen LogP) is 2.83. The molecule has 1 fully saturated rings. The number of carbonyl (C=O) groups is 2. The topological polar surface area (TPSA) is 79.3 Å². The molecule has 0 bridgehead atoms. The first kappa shape index (κ1) is 22.3. The molecule has 2 aromatic carbocycles. The number of ether oxygens (including phenoxy) is 2. The van der Waals surface area contributed by atoms with Crippen LogP contribution in [0.2, 0.25) is 0 Å². The average Bonchev–Trinajstić information content (AvgIpc) is 3.01. The quantitative estimate of drug-likeness (QED) is 0.415. The van der Waals surface area contributed by atoms with Crippen LogP contribution in [0.25, 0.3) is 5.76 Å². The van der Waals surface area contributed by atoms with Gasteiger partial charge in [0, 0.05) is 19.2 Å². The number of amides is 1. The molecular weight excluding hydrogens is 403 g/mol. The Labute approximate surface area is 180 Å². The molecular formula is C23H25FN2O5. The summed E-state index contributed by atoms with van der Waals surface area (Å²) in [5.74, 6) is -1.69. The summed E-state index contributed by atoms with van der Waals surface area (Å²) in [4.78, 5) is 29.1. The first-order chi connectivity index (χ1) is 14.8. The molecule has 164 valence electrons. The number of hydrogen-bond donors (Lipinski definition) is 1. The van der Waals surface area contributed by atoms with Crippen molar-refractivity contribution in [2.75, 3.05) is 41.4 Å². The van der Waals surface area contributed by atoms with Crippen LogP contribution in [0, 0.1) is 5.82 Å². The minimum Gasteiger partial charge on any atom is -0.507 e. The molecule has 8 heteroatoms. The molecule has 2 aromatic rings. The molecule has 1 saturated heterocycles. The van der Waals surface area contributed by atoms with Gasteiger partial charge in [-0.1, -0.05) is 12.1 Å². The number of halogens is 1. The normalized spacial score (nSPS) is 18.0. The van der Waals surface area contributed by atoms with E-state index in [4.69, 9.17) is 9.47 Å². The van der Waals surface area contributed by atoms with Crippen LogP contribution in [0.3, 0.4) is 0 Å². The lowest BCUT2D eigenvalue weighted by Gasteiger charge is -2.26. The molecule has 3 rings (SSSR count). The molecule has 0 aromatic heterocycles. The Balaban J connectivity index is 2.20. The maximum Gasteiger partial charge on any atom is 0.295 e. The predicted molar refractivity (Wildman–Crippen MR) is 114 cm³/mol. The van der Waals surface area contributed by atoms with Gasteiger partial charge in [0.1, 0.15) is 23.1 Å². The highest BCUT2D eigenvalue weighted by Crippen LogP contribution is 2.41. The standard InChI is InChI=1S/C23H25FN2O5/c1-25(2)10-11-26-20(14-6-5-7-15(24)12-14)19(22(28)23(26)29)21(27)17-9-8-16(30-3)13-18(17)31-4/h5-9,12-13,20,27H,10-11H2,1-4H3/b21-19+/t20-/m0/s1. The van der Waals surface area contributed by atoms with Crippen LogP contribution in [0.5, 0.6) is 11.5 Å². The van der Waals surface area contributed by atoms with Gasteiger partial charge >= 0.3 is 0 Å². The fourth-order valence-electron chi connectivity index (χ4n) is 3.58. The van der Waals surface area contributed by atoms with E-state index in [1.54, 1.807) is 24.3 Å². The van der Waals surface area contributed by atoms with Crippen molar-refractivity contribution < 1.29 is 28.6 Å². The number of Topliss-reactive ketones (excluding diaryl/α,β-unsaturated/α-hetero) is 1. The second-order valence-electron chi connectivity index (χ2n) is 7.42. The first-order valence-electron chi connectivity index (χ1n) is 9.69. The van der Waals surface area contributed by atoms with Gasteiger partial charge in [-0.05, 0) is 43.9 Å². The summed E-state index contributed by atoms with van der Waals surface area (Å²) in [5.41, 5.74) is 0.514. The van der Waals surface area contributed by atoms with Crippen molar-refractivity contribution in [3.05, 3.63) is 65.0 Å². The first-order valence-corrected chi connectivity index (χ1v) is 9.69. The number of likely N-dealkylation sites (tertiary alicyclic amines) is 1. The van der Waals surface area contributed by atoms with Crippen LogP contribution in [-0.2, 0) is 9.59 Å². The molecule has 1 amide bonds. The average molecular weight is 428 g/mol. The Kier molecular flexibility index (Phi) is 6.60. The number of likely N-dealkylation sites (N-methyl/N-ethyl adjacent to an activating group) is 1. The minimum atomic E-state index is -0.928. The van der Waals surface area contributed by atoms with Crippen molar-refractivity contribution in [1.82, 2.24) is 9.80 Å². The molecule has 1 atom stereocenters. The number of aliphatic hydroxyl groups excluding tert-OH is 1. The maximum absolute atomic E-state index is 14.0. The molecule has 31 heavy (non-hydrogen) atoms. The molecule has 1 aliphatic rings. The van der Waals surface area contributed by atoms with Crippen LogP contribution >= 0.6 is 0 Å². The number of methoxy groups -OCH3 is 2. The van der Waals surface area contributed by atoms with Crippen molar-refractivity contribution in [2.24, 2.45) is 0 Å². The van der Waals surface area contributed by atoms with Gasteiger partial charge in [0.05, 0.1) is 31.4 Å². The van der Waals surface area contributed by atoms with Gasteiger partial charge in [-0.3, -0.25) is 9.59 Å². The lowest BCUT2D eigenvalue weighted by Crippen LogP contribution is -2.35. The summed E-state index contributed by atoms with van der Waals surface area (Å²) in [5, 5.41) is 11.1. The molecule has 7 nitrogen and oxygen atoms in total. The van der Waals surface area contributed by atoms with Crippen LogP contribution in [0.4, 0.5) is 4.39 Å². The smallest absolute Gasteiger partial charge is 0.295 e.